The van der Waals surface area contributed by atoms with Gasteiger partial charge in [-0.05, 0) is 48.9 Å². The fourth-order valence-corrected chi connectivity index (χ4v) is 7.24. The van der Waals surface area contributed by atoms with Gasteiger partial charge in [-0.2, -0.15) is 11.8 Å². The molecule has 2 aliphatic heterocycles. The van der Waals surface area contributed by atoms with E-state index in [2.05, 4.69) is 22.5 Å². The first-order valence-corrected chi connectivity index (χ1v) is 14.4. The molecule has 1 atom stereocenters. The van der Waals surface area contributed by atoms with E-state index in [1.165, 1.54) is 5.57 Å². The van der Waals surface area contributed by atoms with Gasteiger partial charge in [0.15, 0.2) is 0 Å². The van der Waals surface area contributed by atoms with Crippen LogP contribution in [0.1, 0.15) is 42.8 Å². The van der Waals surface area contributed by atoms with Crippen LogP contribution < -0.4 is 16.6 Å². The highest BCUT2D eigenvalue weighted by Crippen LogP contribution is 2.30. The molecule has 0 aliphatic carbocycles. The number of H-pyrrole nitrogens is 1. The van der Waals surface area contributed by atoms with Crippen LogP contribution in [-0.2, 0) is 29.7 Å². The fraction of sp³-hybridized carbons (Fsp3) is 0.478. The Balaban J connectivity index is 0.00000149. The van der Waals surface area contributed by atoms with Crippen molar-refractivity contribution in [2.75, 3.05) is 25.9 Å². The summed E-state index contributed by atoms with van der Waals surface area (Å²) >= 11 is 3.28. The minimum Gasteiger partial charge on any atom is -0.388 e. The molecule has 10 heteroatoms. The van der Waals surface area contributed by atoms with Crippen molar-refractivity contribution in [3.05, 3.63) is 67.5 Å². The van der Waals surface area contributed by atoms with Crippen LogP contribution in [0.5, 0.6) is 0 Å². The van der Waals surface area contributed by atoms with Crippen LogP contribution in [-0.4, -0.2) is 44.0 Å². The Morgan fingerprint density at radius 1 is 1.24 bits per heavy atom. The maximum atomic E-state index is 13.0. The minimum atomic E-state index is -1.24. The van der Waals surface area contributed by atoms with Crippen molar-refractivity contribution in [1.82, 2.24) is 19.2 Å². The van der Waals surface area contributed by atoms with Crippen LogP contribution in [0.2, 0.25) is 0 Å². The Kier molecular flexibility index (Phi) is 9.78. The lowest BCUT2D eigenvalue weighted by Crippen LogP contribution is -2.37. The molecule has 0 fully saturated rings. The molecular weight excluding hydrogens is 476 g/mol. The van der Waals surface area contributed by atoms with Gasteiger partial charge in [0.25, 0.3) is 5.56 Å². The highest BCUT2D eigenvalue weighted by atomic mass is 32.2. The van der Waals surface area contributed by atoms with Crippen molar-refractivity contribution >= 4 is 39.7 Å². The van der Waals surface area contributed by atoms with E-state index >= 15 is 0 Å². The second-order valence-electron chi connectivity index (χ2n) is 7.46. The van der Waals surface area contributed by atoms with Gasteiger partial charge in [-0.15, -0.1) is 11.3 Å². The van der Waals surface area contributed by atoms with Gasteiger partial charge >= 0.3 is 5.69 Å². The predicted octanol–water partition coefficient (Wildman–Crippen LogP) is 3.35. The largest absolute Gasteiger partial charge is 0.388 e. The fourth-order valence-electron chi connectivity index (χ4n) is 3.75. The summed E-state index contributed by atoms with van der Waals surface area (Å²) in [6, 6.07) is 3.98. The molecule has 2 aliphatic rings. The molecule has 4 rings (SSSR count). The van der Waals surface area contributed by atoms with Gasteiger partial charge in [0.1, 0.15) is 15.2 Å². The monoisotopic (exact) mass is 508 g/mol. The first-order valence-electron chi connectivity index (χ1n) is 11.3. The number of aromatic nitrogens is 2. The normalized spacial score (nSPS) is 16.2. The molecule has 0 radical (unpaired) electrons. The van der Waals surface area contributed by atoms with E-state index in [4.69, 9.17) is 0 Å². The minimum absolute atomic E-state index is 0.259. The van der Waals surface area contributed by atoms with Crippen molar-refractivity contribution in [2.45, 2.75) is 49.6 Å². The molecule has 0 bridgehead atoms. The zero-order valence-electron chi connectivity index (χ0n) is 19.4. The third kappa shape index (κ3) is 6.38. The summed E-state index contributed by atoms with van der Waals surface area (Å²) in [7, 11) is 0.600. The maximum Gasteiger partial charge on any atom is 0.328 e. The molecule has 2 aromatic heterocycles. The third-order valence-electron chi connectivity index (χ3n) is 5.39. The van der Waals surface area contributed by atoms with E-state index < -0.39 is 11.0 Å². The van der Waals surface area contributed by atoms with E-state index in [-0.39, 0.29) is 11.2 Å². The average Bonchev–Trinajstić information content (AvgIpc) is 3.17. The van der Waals surface area contributed by atoms with E-state index in [9.17, 15) is 13.8 Å². The van der Waals surface area contributed by atoms with Gasteiger partial charge in [-0.3, -0.25) is 14.3 Å². The van der Waals surface area contributed by atoms with Crippen LogP contribution in [0.25, 0.3) is 5.57 Å². The second kappa shape index (κ2) is 12.5. The summed E-state index contributed by atoms with van der Waals surface area (Å²) in [5, 5.41) is 3.19. The molecule has 0 amide bonds. The van der Waals surface area contributed by atoms with Gasteiger partial charge in [-0.25, -0.2) is 13.3 Å². The van der Waals surface area contributed by atoms with Gasteiger partial charge in [0.05, 0.1) is 0 Å². The van der Waals surface area contributed by atoms with Crippen molar-refractivity contribution in [3.63, 3.8) is 0 Å². The smallest absolute Gasteiger partial charge is 0.328 e. The summed E-state index contributed by atoms with van der Waals surface area (Å²) in [6.45, 7) is 5.89. The number of thiophene rings is 1. The van der Waals surface area contributed by atoms with E-state index in [0.29, 0.717) is 25.3 Å². The van der Waals surface area contributed by atoms with Gasteiger partial charge in [0.2, 0.25) is 0 Å². The second-order valence-corrected chi connectivity index (χ2v) is 11.5. The Morgan fingerprint density at radius 2 is 2.06 bits per heavy atom. The molecule has 0 aromatic carbocycles. The van der Waals surface area contributed by atoms with Crippen LogP contribution >= 0.6 is 23.1 Å². The van der Waals surface area contributed by atoms with Gasteiger partial charge in [0, 0.05) is 48.6 Å². The number of thioether (sulfide) groups is 1. The van der Waals surface area contributed by atoms with Crippen LogP contribution in [0, 0.1) is 0 Å². The van der Waals surface area contributed by atoms with Gasteiger partial charge in [-0.1, -0.05) is 26.0 Å². The Hall–Kier alpha value is -1.88. The van der Waals surface area contributed by atoms with Crippen LogP contribution in [0.15, 0.2) is 44.3 Å². The summed E-state index contributed by atoms with van der Waals surface area (Å²) < 4.78 is 17.3. The zero-order chi connectivity index (χ0) is 23.8. The average molecular weight is 509 g/mol. The summed E-state index contributed by atoms with van der Waals surface area (Å²) in [5.41, 5.74) is 2.22. The van der Waals surface area contributed by atoms with Crippen molar-refractivity contribution in [3.8, 4) is 0 Å². The number of hydrogen-bond donors (Lipinski definition) is 2. The molecule has 0 spiro atoms. The molecule has 2 aromatic rings. The quantitative estimate of drug-likeness (QED) is 0.599. The molecular formula is C23H32N4O3S3. The first kappa shape index (κ1) is 25.7. The Bertz CT molecular complexity index is 1150. The number of aromatic amines is 1. The van der Waals surface area contributed by atoms with Crippen molar-refractivity contribution in [2.24, 2.45) is 0 Å². The summed E-state index contributed by atoms with van der Waals surface area (Å²) in [4.78, 5) is 28.0. The maximum absolute atomic E-state index is 13.0. The topological polar surface area (TPSA) is 87.2 Å². The lowest BCUT2D eigenvalue weighted by molar-refractivity contribution is 0.469. The number of rotatable bonds is 7. The summed E-state index contributed by atoms with van der Waals surface area (Å²) in [6.07, 6.45) is 8.51. The van der Waals surface area contributed by atoms with Gasteiger partial charge < -0.3 is 5.32 Å². The number of hydrogen-bond acceptors (Lipinski definition) is 6. The molecule has 4 heterocycles. The van der Waals surface area contributed by atoms with E-state index in [1.807, 2.05) is 43.5 Å². The number of allylic oxidation sites excluding steroid dienone is 2. The highest BCUT2D eigenvalue weighted by Gasteiger charge is 2.19. The van der Waals surface area contributed by atoms with Crippen molar-refractivity contribution in [1.29, 1.82) is 0 Å². The van der Waals surface area contributed by atoms with E-state index in [0.717, 1.165) is 45.5 Å². The Labute approximate surface area is 205 Å². The van der Waals surface area contributed by atoms with Crippen molar-refractivity contribution < 1.29 is 4.21 Å². The lowest BCUT2D eigenvalue weighted by Gasteiger charge is -2.20. The van der Waals surface area contributed by atoms with E-state index in [1.54, 1.807) is 27.7 Å². The van der Waals surface area contributed by atoms with Crippen LogP contribution in [0.3, 0.4) is 0 Å². The zero-order valence-corrected chi connectivity index (χ0v) is 21.8. The number of nitrogens with zero attached hydrogens (tertiary/aromatic N) is 2. The number of fused-ring (bicyclic) bond motifs is 1. The molecule has 7 nitrogen and oxygen atoms in total. The predicted molar refractivity (Wildman–Crippen MR) is 140 cm³/mol. The highest BCUT2D eigenvalue weighted by molar-refractivity contribution is 7.98. The molecule has 0 saturated carbocycles. The molecule has 33 heavy (non-hydrogen) atoms. The summed E-state index contributed by atoms with van der Waals surface area (Å²) in [5.74, 6) is 1.57. The number of nitrogens with one attached hydrogen (secondary N) is 2. The molecule has 1 unspecified atom stereocenters. The first-order chi connectivity index (χ1) is 16.0. The molecule has 2 N–H and O–H groups in total. The Morgan fingerprint density at radius 3 is 2.88 bits per heavy atom. The van der Waals surface area contributed by atoms with Crippen LogP contribution in [0.4, 0.5) is 0 Å². The lowest BCUT2D eigenvalue weighted by atomic mass is 10.1. The molecule has 0 saturated heterocycles. The third-order valence-corrected chi connectivity index (χ3v) is 9.24. The standard InChI is InChI=1S/C21H26N4O3S3.C2H6/c1-24(31(28)19-6-5-18(30-19)15-4-2-9-22-10-7-15)11-3-12-25-17-8-13-29-14-16(17)20(26)23-21(25)27;1-2/h2,5-7,9,22H,3-4,8,10-14H2,1H3,(H,23,26,27);1-2H3. The molecule has 180 valence electrons. The SMILES string of the molecule is CC.CN(CCCn1c2c(c(=O)[nH]c1=O)CSCC2)S(=O)c1ccc(C2=CCNC=CC2)s1.